The molecule has 1 aromatic carbocycles. The summed E-state index contributed by atoms with van der Waals surface area (Å²) in [6.45, 7) is 3.26. The highest BCUT2D eigenvalue weighted by Crippen LogP contribution is 2.27. The molecule has 0 aromatic heterocycles. The van der Waals surface area contributed by atoms with Gasteiger partial charge in [-0.15, -0.1) is 0 Å². The Balaban J connectivity index is 2.01. The number of hydrogen-bond donors (Lipinski definition) is 2. The number of carboxylic acids is 1. The molecule has 2 unspecified atom stereocenters. The van der Waals surface area contributed by atoms with Crippen LogP contribution in [0.15, 0.2) is 18.2 Å². The normalized spacial score (nSPS) is 18.9. The molecule has 1 aliphatic carbocycles. The van der Waals surface area contributed by atoms with Crippen molar-refractivity contribution in [1.29, 1.82) is 0 Å². The first-order valence-corrected chi connectivity index (χ1v) is 6.93. The van der Waals surface area contributed by atoms with Crippen molar-refractivity contribution in [3.8, 4) is 5.75 Å². The van der Waals surface area contributed by atoms with Crippen LogP contribution in [0, 0.1) is 11.6 Å². The number of halogens is 2. The lowest BCUT2D eigenvalue weighted by atomic mass is 9.94. The Bertz CT molecular complexity index is 534. The maximum Gasteiger partial charge on any atom is 0.323 e. The predicted octanol–water partition coefficient (Wildman–Crippen LogP) is 2.72. The van der Waals surface area contributed by atoms with Gasteiger partial charge in [-0.25, -0.2) is 8.78 Å². The van der Waals surface area contributed by atoms with Crippen LogP contribution in [0.2, 0.25) is 0 Å². The first kappa shape index (κ1) is 15.7. The maximum atomic E-state index is 13.5. The number of carbonyl (C=O) groups is 1. The Hall–Kier alpha value is -1.69. The molecule has 0 spiro atoms. The molecule has 1 aliphatic rings. The third kappa shape index (κ3) is 4.14. The number of ether oxygens (including phenoxy) is 1. The van der Waals surface area contributed by atoms with E-state index < -0.39 is 29.2 Å². The summed E-state index contributed by atoms with van der Waals surface area (Å²) in [6.07, 6.45) is 1.57. The lowest BCUT2D eigenvalue weighted by Gasteiger charge is -2.29. The third-order valence-corrected chi connectivity index (χ3v) is 3.49. The van der Waals surface area contributed by atoms with Gasteiger partial charge in [0.1, 0.15) is 11.4 Å². The van der Waals surface area contributed by atoms with Crippen LogP contribution in [0.3, 0.4) is 0 Å². The molecule has 0 aliphatic heterocycles. The largest absolute Gasteiger partial charge is 0.488 e. The van der Waals surface area contributed by atoms with Crippen LogP contribution >= 0.6 is 0 Å². The second kappa shape index (κ2) is 5.97. The molecule has 21 heavy (non-hydrogen) atoms. The number of carboxylic acid groups (broad SMARTS) is 1. The fourth-order valence-electron chi connectivity index (χ4n) is 2.29. The van der Waals surface area contributed by atoms with Crippen molar-refractivity contribution in [1.82, 2.24) is 5.32 Å². The van der Waals surface area contributed by atoms with Gasteiger partial charge < -0.3 is 9.84 Å². The first-order valence-electron chi connectivity index (χ1n) is 6.93. The van der Waals surface area contributed by atoms with Gasteiger partial charge in [-0.1, -0.05) is 0 Å². The summed E-state index contributed by atoms with van der Waals surface area (Å²) in [5.41, 5.74) is -1.13. The molecular weight excluding hydrogens is 280 g/mol. The van der Waals surface area contributed by atoms with Gasteiger partial charge in [-0.05, 0) is 38.8 Å². The summed E-state index contributed by atoms with van der Waals surface area (Å²) in [7, 11) is 0. The number of benzene rings is 1. The minimum atomic E-state index is -1.13. The average Bonchev–Trinajstić information content (AvgIpc) is 3.16. The van der Waals surface area contributed by atoms with Gasteiger partial charge >= 0.3 is 5.97 Å². The fourth-order valence-corrected chi connectivity index (χ4v) is 2.29. The lowest BCUT2D eigenvalue weighted by Crippen LogP contribution is -2.52. The van der Waals surface area contributed by atoms with Crippen LogP contribution in [0.1, 0.15) is 33.1 Å². The van der Waals surface area contributed by atoms with Crippen LogP contribution < -0.4 is 10.1 Å². The molecule has 6 heteroatoms. The molecule has 0 bridgehead atoms. The van der Waals surface area contributed by atoms with Crippen molar-refractivity contribution in [2.45, 2.75) is 50.8 Å². The van der Waals surface area contributed by atoms with Crippen LogP contribution in [0.5, 0.6) is 5.75 Å². The Kier molecular flexibility index (Phi) is 4.46. The number of aliphatic carboxylic acids is 1. The molecule has 1 aromatic rings. The van der Waals surface area contributed by atoms with Crippen LogP contribution in [0.4, 0.5) is 8.78 Å². The van der Waals surface area contributed by atoms with Gasteiger partial charge in [0.05, 0.1) is 6.10 Å². The van der Waals surface area contributed by atoms with Crippen molar-refractivity contribution >= 4 is 5.97 Å². The van der Waals surface area contributed by atoms with Crippen molar-refractivity contribution in [2.24, 2.45) is 0 Å². The van der Waals surface area contributed by atoms with Crippen molar-refractivity contribution < 1.29 is 23.4 Å². The van der Waals surface area contributed by atoms with E-state index in [1.165, 1.54) is 6.07 Å². The molecule has 4 nitrogen and oxygen atoms in total. The highest BCUT2D eigenvalue weighted by molar-refractivity contribution is 5.78. The van der Waals surface area contributed by atoms with Gasteiger partial charge in [-0.3, -0.25) is 10.1 Å². The minimum absolute atomic E-state index is 0.0805. The van der Waals surface area contributed by atoms with Crippen molar-refractivity contribution in [3.63, 3.8) is 0 Å². The number of nitrogens with one attached hydrogen (secondary N) is 1. The highest BCUT2D eigenvalue weighted by atomic mass is 19.1. The Morgan fingerprint density at radius 3 is 2.71 bits per heavy atom. The average molecular weight is 299 g/mol. The van der Waals surface area contributed by atoms with Gasteiger partial charge in [0, 0.05) is 18.5 Å². The second-order valence-electron chi connectivity index (χ2n) is 5.76. The molecule has 2 N–H and O–H groups in total. The Morgan fingerprint density at radius 1 is 1.52 bits per heavy atom. The van der Waals surface area contributed by atoms with Crippen molar-refractivity contribution in [3.05, 3.63) is 29.8 Å². The van der Waals surface area contributed by atoms with Crippen LogP contribution in [-0.2, 0) is 4.79 Å². The highest BCUT2D eigenvalue weighted by Gasteiger charge is 2.40. The van der Waals surface area contributed by atoms with E-state index in [2.05, 4.69) is 5.32 Å². The summed E-state index contributed by atoms with van der Waals surface area (Å²) < 4.78 is 31.8. The van der Waals surface area contributed by atoms with E-state index in [-0.39, 0.29) is 18.2 Å². The van der Waals surface area contributed by atoms with E-state index in [4.69, 9.17) is 4.74 Å². The van der Waals surface area contributed by atoms with Gasteiger partial charge in [0.25, 0.3) is 0 Å². The number of hydrogen-bond acceptors (Lipinski definition) is 3. The maximum absolute atomic E-state index is 13.5. The van der Waals surface area contributed by atoms with E-state index in [0.29, 0.717) is 0 Å². The lowest BCUT2D eigenvalue weighted by molar-refractivity contribution is -0.145. The van der Waals surface area contributed by atoms with E-state index in [1.54, 1.807) is 13.8 Å². The summed E-state index contributed by atoms with van der Waals surface area (Å²) in [5, 5.41) is 12.4. The van der Waals surface area contributed by atoms with Gasteiger partial charge in [0.15, 0.2) is 11.6 Å². The van der Waals surface area contributed by atoms with E-state index in [9.17, 15) is 18.7 Å². The molecule has 1 fully saturated rings. The smallest absolute Gasteiger partial charge is 0.323 e. The first-order chi connectivity index (χ1) is 9.80. The zero-order chi connectivity index (χ0) is 15.6. The quantitative estimate of drug-likeness (QED) is 0.813. The summed E-state index contributed by atoms with van der Waals surface area (Å²) in [6, 6.07) is 3.26. The molecular formula is C15H19F2NO3. The summed E-state index contributed by atoms with van der Waals surface area (Å²) >= 11 is 0. The molecule has 0 heterocycles. The topological polar surface area (TPSA) is 58.6 Å². The molecule has 0 amide bonds. The Morgan fingerprint density at radius 2 is 2.19 bits per heavy atom. The Labute approximate surface area is 122 Å². The van der Waals surface area contributed by atoms with Gasteiger partial charge in [0.2, 0.25) is 0 Å². The molecule has 2 atom stereocenters. The number of rotatable bonds is 7. The zero-order valence-corrected chi connectivity index (χ0v) is 12.0. The zero-order valence-electron chi connectivity index (χ0n) is 12.0. The fraction of sp³-hybridized carbons (Fsp3) is 0.533. The van der Waals surface area contributed by atoms with E-state index >= 15 is 0 Å². The van der Waals surface area contributed by atoms with Crippen LogP contribution in [0.25, 0.3) is 0 Å². The summed E-state index contributed by atoms with van der Waals surface area (Å²) in [4.78, 5) is 11.4. The van der Waals surface area contributed by atoms with E-state index in [0.717, 1.165) is 25.0 Å². The monoisotopic (exact) mass is 299 g/mol. The minimum Gasteiger partial charge on any atom is -0.488 e. The molecule has 2 rings (SSSR count). The third-order valence-electron chi connectivity index (χ3n) is 3.49. The van der Waals surface area contributed by atoms with Crippen LogP contribution in [-0.4, -0.2) is 28.8 Å². The summed E-state index contributed by atoms with van der Waals surface area (Å²) in [5.74, 6) is -2.53. The predicted molar refractivity (Wildman–Crippen MR) is 73.3 cm³/mol. The molecule has 1 saturated carbocycles. The molecule has 0 saturated heterocycles. The van der Waals surface area contributed by atoms with E-state index in [1.807, 2.05) is 0 Å². The standard InChI is InChI=1S/C15H19F2NO3/c1-9(21-13-6-3-10(16)7-12(13)17)8-15(2,14(19)20)18-11-4-5-11/h3,6-7,9,11,18H,4-5,8H2,1-2H3,(H,19,20). The van der Waals surface area contributed by atoms with Crippen molar-refractivity contribution in [2.75, 3.05) is 0 Å². The SMILES string of the molecule is CC(CC(C)(NC1CC1)C(=O)O)Oc1ccc(F)cc1F. The molecule has 116 valence electrons. The molecule has 0 radical (unpaired) electrons. The van der Waals surface area contributed by atoms with Gasteiger partial charge in [-0.2, -0.15) is 0 Å². The second-order valence-corrected chi connectivity index (χ2v) is 5.76.